The maximum absolute atomic E-state index is 12.3. The minimum atomic E-state index is -0.402. The molecule has 0 saturated carbocycles. The second-order valence-electron chi connectivity index (χ2n) is 5.72. The van der Waals surface area contributed by atoms with Crippen LogP contribution in [0.15, 0.2) is 42.5 Å². The van der Waals surface area contributed by atoms with Crippen LogP contribution in [0.3, 0.4) is 0 Å². The normalized spacial score (nSPS) is 11.6. The van der Waals surface area contributed by atoms with E-state index in [0.29, 0.717) is 24.3 Å². The topological polar surface area (TPSA) is 95.9 Å². The number of amides is 1. The molecule has 2 aromatic rings. The van der Waals surface area contributed by atoms with Gasteiger partial charge in [-0.25, -0.2) is 4.79 Å². The van der Waals surface area contributed by atoms with Gasteiger partial charge in [-0.3, -0.25) is 4.79 Å². The molecule has 2 rings (SSSR count). The van der Waals surface area contributed by atoms with Crippen LogP contribution in [0.4, 0.5) is 5.69 Å². The molecule has 0 bridgehead atoms. The summed E-state index contributed by atoms with van der Waals surface area (Å²) in [4.78, 5) is 23.9. The lowest BCUT2D eigenvalue weighted by Crippen LogP contribution is -2.22. The molecule has 0 saturated heterocycles. The number of phenols is 2. The summed E-state index contributed by atoms with van der Waals surface area (Å²) in [6, 6.07) is 11.0. The first kappa shape index (κ1) is 18.3. The minimum absolute atomic E-state index is 0.184. The molecule has 6 nitrogen and oxygen atoms in total. The van der Waals surface area contributed by atoms with Crippen LogP contribution in [0, 0.1) is 5.92 Å². The molecule has 0 spiro atoms. The van der Waals surface area contributed by atoms with Gasteiger partial charge in [0.15, 0.2) is 11.5 Å². The largest absolute Gasteiger partial charge is 0.504 e. The number of benzene rings is 2. The summed E-state index contributed by atoms with van der Waals surface area (Å²) >= 11 is 0. The molecule has 132 valence electrons. The van der Waals surface area contributed by atoms with E-state index in [9.17, 15) is 19.8 Å². The van der Waals surface area contributed by atoms with Gasteiger partial charge in [-0.05, 0) is 55.3 Å². The molecule has 0 aliphatic rings. The molecule has 0 aliphatic heterocycles. The lowest BCUT2D eigenvalue weighted by Gasteiger charge is -2.13. The lowest BCUT2D eigenvalue weighted by molar-refractivity contribution is -0.119. The highest BCUT2D eigenvalue weighted by Gasteiger charge is 2.15. The van der Waals surface area contributed by atoms with Gasteiger partial charge in [0, 0.05) is 11.6 Å². The van der Waals surface area contributed by atoms with Gasteiger partial charge in [0.2, 0.25) is 5.91 Å². The van der Waals surface area contributed by atoms with Gasteiger partial charge in [0.25, 0.3) is 0 Å². The van der Waals surface area contributed by atoms with Crippen molar-refractivity contribution in [3.05, 3.63) is 53.6 Å². The minimum Gasteiger partial charge on any atom is -0.504 e. The van der Waals surface area contributed by atoms with Gasteiger partial charge in [0.05, 0.1) is 12.2 Å². The maximum Gasteiger partial charge on any atom is 0.338 e. The summed E-state index contributed by atoms with van der Waals surface area (Å²) in [5, 5.41) is 21.6. The standard InChI is InChI=1S/C19H21NO5/c1-3-25-19(24)14-5-7-15(8-6-14)20-18(23)12(2)10-13-4-9-16(21)17(22)11-13/h4-9,11-12,21-22H,3,10H2,1-2H3,(H,20,23). The molecule has 6 heteroatoms. The Morgan fingerprint density at radius 3 is 2.36 bits per heavy atom. The number of hydrogen-bond donors (Lipinski definition) is 3. The van der Waals surface area contributed by atoms with Crippen molar-refractivity contribution < 1.29 is 24.5 Å². The number of phenolic OH excluding ortho intramolecular Hbond substituents is 2. The van der Waals surface area contributed by atoms with Crippen molar-refractivity contribution in [1.82, 2.24) is 0 Å². The van der Waals surface area contributed by atoms with Crippen molar-refractivity contribution in [1.29, 1.82) is 0 Å². The van der Waals surface area contributed by atoms with E-state index in [2.05, 4.69) is 5.32 Å². The van der Waals surface area contributed by atoms with Crippen LogP contribution >= 0.6 is 0 Å². The molecule has 25 heavy (non-hydrogen) atoms. The molecule has 0 aliphatic carbocycles. The van der Waals surface area contributed by atoms with Crippen molar-refractivity contribution in [3.8, 4) is 11.5 Å². The zero-order valence-corrected chi connectivity index (χ0v) is 14.2. The third kappa shape index (κ3) is 4.97. The molecule has 3 N–H and O–H groups in total. The molecule has 1 unspecified atom stereocenters. The fourth-order valence-electron chi connectivity index (χ4n) is 2.31. The van der Waals surface area contributed by atoms with Gasteiger partial charge in [-0.2, -0.15) is 0 Å². The van der Waals surface area contributed by atoms with Gasteiger partial charge in [0.1, 0.15) is 0 Å². The summed E-state index contributed by atoms with van der Waals surface area (Å²) < 4.78 is 4.91. The predicted molar refractivity (Wildman–Crippen MR) is 93.7 cm³/mol. The van der Waals surface area contributed by atoms with Crippen LogP contribution in [-0.2, 0) is 16.0 Å². The summed E-state index contributed by atoms with van der Waals surface area (Å²) in [7, 11) is 0. The lowest BCUT2D eigenvalue weighted by atomic mass is 10.00. The number of ether oxygens (including phenoxy) is 1. The first-order chi connectivity index (χ1) is 11.9. The summed E-state index contributed by atoms with van der Waals surface area (Å²) in [6.45, 7) is 3.82. The third-order valence-corrected chi connectivity index (χ3v) is 3.69. The monoisotopic (exact) mass is 343 g/mol. The number of carbonyl (C=O) groups excluding carboxylic acids is 2. The van der Waals surface area contributed by atoms with Crippen molar-refractivity contribution in [2.75, 3.05) is 11.9 Å². The van der Waals surface area contributed by atoms with E-state index in [4.69, 9.17) is 4.74 Å². The fraction of sp³-hybridized carbons (Fsp3) is 0.263. The van der Waals surface area contributed by atoms with Crippen molar-refractivity contribution >= 4 is 17.6 Å². The zero-order chi connectivity index (χ0) is 18.4. The fourth-order valence-corrected chi connectivity index (χ4v) is 2.31. The first-order valence-electron chi connectivity index (χ1n) is 7.99. The first-order valence-corrected chi connectivity index (χ1v) is 7.99. The quantitative estimate of drug-likeness (QED) is 0.553. The highest BCUT2D eigenvalue weighted by Crippen LogP contribution is 2.26. The second kappa shape index (κ2) is 8.19. The number of hydrogen-bond acceptors (Lipinski definition) is 5. The number of carbonyl (C=O) groups is 2. The average Bonchev–Trinajstić information content (AvgIpc) is 2.59. The van der Waals surface area contributed by atoms with Crippen LogP contribution in [0.1, 0.15) is 29.8 Å². The van der Waals surface area contributed by atoms with E-state index < -0.39 is 5.97 Å². The van der Waals surface area contributed by atoms with Crippen LogP contribution in [0.2, 0.25) is 0 Å². The average molecular weight is 343 g/mol. The molecule has 0 fully saturated rings. The smallest absolute Gasteiger partial charge is 0.338 e. The number of anilines is 1. The van der Waals surface area contributed by atoms with E-state index in [1.54, 1.807) is 44.2 Å². The van der Waals surface area contributed by atoms with Crippen LogP contribution in [0.5, 0.6) is 11.5 Å². The third-order valence-electron chi connectivity index (χ3n) is 3.69. The molecule has 0 heterocycles. The zero-order valence-electron chi connectivity index (χ0n) is 14.2. The van der Waals surface area contributed by atoms with E-state index >= 15 is 0 Å². The van der Waals surface area contributed by atoms with E-state index in [1.165, 1.54) is 12.1 Å². The van der Waals surface area contributed by atoms with Gasteiger partial charge < -0.3 is 20.3 Å². The van der Waals surface area contributed by atoms with E-state index in [-0.39, 0.29) is 23.3 Å². The summed E-state index contributed by atoms with van der Waals surface area (Å²) in [5.41, 5.74) is 1.75. The Labute approximate surface area is 146 Å². The highest BCUT2D eigenvalue weighted by atomic mass is 16.5. The van der Waals surface area contributed by atoms with Crippen LogP contribution < -0.4 is 5.32 Å². The highest BCUT2D eigenvalue weighted by molar-refractivity contribution is 5.94. The number of rotatable bonds is 6. The Hall–Kier alpha value is -3.02. The van der Waals surface area contributed by atoms with Gasteiger partial charge in [-0.15, -0.1) is 0 Å². The number of esters is 1. The van der Waals surface area contributed by atoms with E-state index in [0.717, 1.165) is 5.56 Å². The van der Waals surface area contributed by atoms with Crippen LogP contribution in [-0.4, -0.2) is 28.7 Å². The Bertz CT molecular complexity index is 755. The van der Waals surface area contributed by atoms with Crippen molar-refractivity contribution in [3.63, 3.8) is 0 Å². The summed E-state index contributed by atoms with van der Waals surface area (Å²) in [6.07, 6.45) is 0.417. The Kier molecular flexibility index (Phi) is 6.00. The summed E-state index contributed by atoms with van der Waals surface area (Å²) in [5.74, 6) is -1.33. The second-order valence-corrected chi connectivity index (χ2v) is 5.72. The predicted octanol–water partition coefficient (Wildman–Crippen LogP) is 3.09. The molecule has 0 aromatic heterocycles. The van der Waals surface area contributed by atoms with Gasteiger partial charge in [-0.1, -0.05) is 13.0 Å². The molecule has 1 atom stereocenters. The van der Waals surface area contributed by atoms with E-state index in [1.807, 2.05) is 0 Å². The maximum atomic E-state index is 12.3. The SMILES string of the molecule is CCOC(=O)c1ccc(NC(=O)C(C)Cc2ccc(O)c(O)c2)cc1. The molecule has 1 amide bonds. The van der Waals surface area contributed by atoms with Crippen molar-refractivity contribution in [2.45, 2.75) is 20.3 Å². The van der Waals surface area contributed by atoms with Gasteiger partial charge >= 0.3 is 5.97 Å². The molecule has 2 aromatic carbocycles. The Balaban J connectivity index is 1.96. The molecular formula is C19H21NO5. The van der Waals surface area contributed by atoms with Crippen LogP contribution in [0.25, 0.3) is 0 Å². The Morgan fingerprint density at radius 1 is 1.08 bits per heavy atom. The molecular weight excluding hydrogens is 322 g/mol. The number of aromatic hydroxyl groups is 2. The Morgan fingerprint density at radius 2 is 1.76 bits per heavy atom. The van der Waals surface area contributed by atoms with Crippen molar-refractivity contribution in [2.24, 2.45) is 5.92 Å². The number of nitrogens with one attached hydrogen (secondary N) is 1. The molecule has 0 radical (unpaired) electrons.